The Labute approximate surface area is 181 Å². The number of unbranched alkanes of at least 4 members (excludes halogenated alkanes) is 1. The Morgan fingerprint density at radius 2 is 2.07 bits per heavy atom. The van der Waals surface area contributed by atoms with Gasteiger partial charge in [0.05, 0.1) is 18.6 Å². The van der Waals surface area contributed by atoms with Gasteiger partial charge in [-0.2, -0.15) is 0 Å². The van der Waals surface area contributed by atoms with E-state index in [0.29, 0.717) is 29.4 Å². The van der Waals surface area contributed by atoms with Crippen LogP contribution in [0.2, 0.25) is 0 Å². The molecule has 1 heterocycles. The number of thiocarbonyl (C=S) groups is 1. The first kappa shape index (κ1) is 23.2. The summed E-state index contributed by atoms with van der Waals surface area (Å²) in [5.74, 6) is -0.419. The Balaban J connectivity index is 2.27. The summed E-state index contributed by atoms with van der Waals surface area (Å²) in [6.45, 7) is 6.40. The Kier molecular flexibility index (Phi) is 8.52. The fourth-order valence-electron chi connectivity index (χ4n) is 2.92. The number of carbonyl (C=O) groups excluding carboxylic acids is 1. The lowest BCUT2D eigenvalue weighted by Crippen LogP contribution is -2.47. The maximum absolute atomic E-state index is 12.9. The molecule has 0 aliphatic carbocycles. The van der Waals surface area contributed by atoms with Crippen LogP contribution >= 0.6 is 24.0 Å². The molecule has 1 saturated heterocycles. The van der Waals surface area contributed by atoms with Crippen LogP contribution in [-0.4, -0.2) is 46.0 Å². The van der Waals surface area contributed by atoms with E-state index in [-0.39, 0.29) is 16.1 Å². The zero-order valence-electron chi connectivity index (χ0n) is 17.1. The summed E-state index contributed by atoms with van der Waals surface area (Å²) in [6, 6.07) is 4.46. The molecular formula is C21H27NO5S2. The van der Waals surface area contributed by atoms with Crippen molar-refractivity contribution in [3.05, 3.63) is 28.7 Å². The maximum atomic E-state index is 12.9. The minimum absolute atomic E-state index is 0.214. The first-order valence-corrected chi connectivity index (χ1v) is 10.9. The van der Waals surface area contributed by atoms with Gasteiger partial charge in [0.1, 0.15) is 10.4 Å². The van der Waals surface area contributed by atoms with Crippen LogP contribution in [0, 0.1) is 5.92 Å². The molecule has 1 aliphatic heterocycles. The standard InChI is InChI=1S/C21H27NO5S2/c1-5-7-10-27-15-9-8-14(11-16(15)26-4)12-17-19(23)22(21(28)29-17)18(20(24)25)13(3)6-2/h8-9,11-13,18H,5-7,10H2,1-4H3,(H,24,25)/b17-12-. The number of thioether (sulfide) groups is 1. The summed E-state index contributed by atoms with van der Waals surface area (Å²) in [7, 11) is 1.56. The van der Waals surface area contributed by atoms with Crippen molar-refractivity contribution in [3.8, 4) is 11.5 Å². The van der Waals surface area contributed by atoms with Crippen LogP contribution < -0.4 is 9.47 Å². The topological polar surface area (TPSA) is 76.1 Å². The van der Waals surface area contributed by atoms with Crippen molar-refractivity contribution in [2.75, 3.05) is 13.7 Å². The van der Waals surface area contributed by atoms with E-state index in [1.54, 1.807) is 25.3 Å². The van der Waals surface area contributed by atoms with Crippen molar-refractivity contribution in [2.24, 2.45) is 5.92 Å². The highest BCUT2D eigenvalue weighted by molar-refractivity contribution is 8.26. The quantitative estimate of drug-likeness (QED) is 0.326. The van der Waals surface area contributed by atoms with Crippen molar-refractivity contribution in [1.82, 2.24) is 4.90 Å². The zero-order chi connectivity index (χ0) is 21.6. The fraction of sp³-hybridized carbons (Fsp3) is 0.476. The second kappa shape index (κ2) is 10.6. The molecule has 0 saturated carbocycles. The zero-order valence-corrected chi connectivity index (χ0v) is 18.8. The molecule has 0 spiro atoms. The van der Waals surface area contributed by atoms with E-state index in [1.165, 1.54) is 4.90 Å². The molecule has 1 N–H and O–H groups in total. The van der Waals surface area contributed by atoms with Gasteiger partial charge in [-0.25, -0.2) is 4.79 Å². The SMILES string of the molecule is CCCCOc1ccc(/C=C2\SC(=S)N(C(C(=O)O)C(C)CC)C2=O)cc1OC. The number of hydrogen-bond donors (Lipinski definition) is 1. The van der Waals surface area contributed by atoms with Crippen molar-refractivity contribution < 1.29 is 24.2 Å². The monoisotopic (exact) mass is 437 g/mol. The van der Waals surface area contributed by atoms with Gasteiger partial charge in [0, 0.05) is 0 Å². The molecule has 0 bridgehead atoms. The van der Waals surface area contributed by atoms with Gasteiger partial charge in [-0.3, -0.25) is 9.69 Å². The van der Waals surface area contributed by atoms with E-state index in [9.17, 15) is 14.7 Å². The summed E-state index contributed by atoms with van der Waals surface area (Å²) < 4.78 is 11.4. The summed E-state index contributed by atoms with van der Waals surface area (Å²) in [5.41, 5.74) is 0.751. The van der Waals surface area contributed by atoms with Crippen LogP contribution in [0.3, 0.4) is 0 Å². The van der Waals surface area contributed by atoms with Crippen LogP contribution in [0.1, 0.15) is 45.6 Å². The number of carboxylic acids is 1. The summed E-state index contributed by atoms with van der Waals surface area (Å²) in [5, 5.41) is 9.62. The molecule has 1 amide bonds. The lowest BCUT2D eigenvalue weighted by atomic mass is 9.98. The van der Waals surface area contributed by atoms with Gasteiger partial charge in [-0.15, -0.1) is 0 Å². The number of carboxylic acid groups (broad SMARTS) is 1. The Bertz CT molecular complexity index is 808. The smallest absolute Gasteiger partial charge is 0.327 e. The minimum atomic E-state index is -1.05. The van der Waals surface area contributed by atoms with Crippen LogP contribution in [0.4, 0.5) is 0 Å². The van der Waals surface area contributed by atoms with Gasteiger partial charge in [-0.1, -0.05) is 63.7 Å². The van der Waals surface area contributed by atoms with Gasteiger partial charge in [-0.05, 0) is 36.1 Å². The second-order valence-electron chi connectivity index (χ2n) is 6.83. The van der Waals surface area contributed by atoms with Crippen molar-refractivity contribution in [1.29, 1.82) is 0 Å². The third-order valence-electron chi connectivity index (χ3n) is 4.78. The highest BCUT2D eigenvalue weighted by Crippen LogP contribution is 2.37. The van der Waals surface area contributed by atoms with Crippen molar-refractivity contribution >= 4 is 46.3 Å². The van der Waals surface area contributed by atoms with Crippen LogP contribution in [0.15, 0.2) is 23.1 Å². The molecule has 0 radical (unpaired) electrons. The predicted octanol–water partition coefficient (Wildman–Crippen LogP) is 4.57. The summed E-state index contributed by atoms with van der Waals surface area (Å²) >= 11 is 6.44. The molecule has 2 atom stereocenters. The number of amides is 1. The van der Waals surface area contributed by atoms with Gasteiger partial charge in [0.15, 0.2) is 11.5 Å². The number of aliphatic carboxylic acids is 1. The van der Waals surface area contributed by atoms with Crippen LogP contribution in [0.25, 0.3) is 6.08 Å². The molecule has 6 nitrogen and oxygen atoms in total. The molecular weight excluding hydrogens is 410 g/mol. The average molecular weight is 438 g/mol. The molecule has 1 fully saturated rings. The highest BCUT2D eigenvalue weighted by atomic mass is 32.2. The Hall–Kier alpha value is -2.06. The maximum Gasteiger partial charge on any atom is 0.327 e. The van der Waals surface area contributed by atoms with Gasteiger partial charge >= 0.3 is 5.97 Å². The first-order valence-electron chi connectivity index (χ1n) is 9.64. The molecule has 1 aromatic carbocycles. The van der Waals surface area contributed by atoms with E-state index in [1.807, 2.05) is 19.9 Å². The molecule has 2 rings (SSSR count). The molecule has 1 aliphatic rings. The van der Waals surface area contributed by atoms with E-state index >= 15 is 0 Å². The number of rotatable bonds is 10. The number of ether oxygens (including phenoxy) is 2. The number of hydrogen-bond acceptors (Lipinski definition) is 6. The third kappa shape index (κ3) is 5.51. The fourth-order valence-corrected chi connectivity index (χ4v) is 4.25. The molecule has 2 unspecified atom stereocenters. The van der Waals surface area contributed by atoms with Crippen molar-refractivity contribution in [2.45, 2.75) is 46.1 Å². The average Bonchev–Trinajstić information content (AvgIpc) is 2.96. The molecule has 8 heteroatoms. The molecule has 29 heavy (non-hydrogen) atoms. The van der Waals surface area contributed by atoms with Gasteiger partial charge < -0.3 is 14.6 Å². The summed E-state index contributed by atoms with van der Waals surface area (Å²) in [6.07, 6.45) is 4.32. The number of nitrogens with zero attached hydrogens (tertiary/aromatic N) is 1. The Morgan fingerprint density at radius 3 is 2.66 bits per heavy atom. The molecule has 1 aromatic rings. The Morgan fingerprint density at radius 1 is 1.34 bits per heavy atom. The van der Waals surface area contributed by atoms with Crippen molar-refractivity contribution in [3.63, 3.8) is 0 Å². The van der Waals surface area contributed by atoms with Crippen LogP contribution in [-0.2, 0) is 9.59 Å². The lowest BCUT2D eigenvalue weighted by Gasteiger charge is -2.27. The van der Waals surface area contributed by atoms with Crippen LogP contribution in [0.5, 0.6) is 11.5 Å². The normalized spacial score (nSPS) is 17.5. The molecule has 0 aromatic heterocycles. The van der Waals surface area contributed by atoms with E-state index < -0.39 is 12.0 Å². The summed E-state index contributed by atoms with van der Waals surface area (Å²) in [4.78, 5) is 26.3. The highest BCUT2D eigenvalue weighted by Gasteiger charge is 2.42. The van der Waals surface area contributed by atoms with E-state index in [2.05, 4.69) is 6.92 Å². The minimum Gasteiger partial charge on any atom is -0.493 e. The molecule has 158 valence electrons. The van der Waals surface area contributed by atoms with Gasteiger partial charge in [0.2, 0.25) is 0 Å². The van der Waals surface area contributed by atoms with E-state index in [0.717, 1.165) is 30.2 Å². The number of benzene rings is 1. The predicted molar refractivity (Wildman–Crippen MR) is 119 cm³/mol. The second-order valence-corrected chi connectivity index (χ2v) is 8.51. The lowest BCUT2D eigenvalue weighted by molar-refractivity contribution is -0.147. The van der Waals surface area contributed by atoms with Gasteiger partial charge in [0.25, 0.3) is 5.91 Å². The van der Waals surface area contributed by atoms with E-state index in [4.69, 9.17) is 21.7 Å². The number of methoxy groups -OCH3 is 1. The largest absolute Gasteiger partial charge is 0.493 e. The third-order valence-corrected chi connectivity index (χ3v) is 6.11. The number of carbonyl (C=O) groups is 2. The first-order chi connectivity index (χ1) is 13.8.